The molecule has 0 radical (unpaired) electrons. The van der Waals surface area contributed by atoms with Crippen LogP contribution >= 0.6 is 0 Å². The fourth-order valence-electron chi connectivity index (χ4n) is 3.14. The Labute approximate surface area is 144 Å². The molecule has 0 spiro atoms. The van der Waals surface area contributed by atoms with Gasteiger partial charge in [-0.2, -0.15) is 13.2 Å². The van der Waals surface area contributed by atoms with Gasteiger partial charge in [-0.1, -0.05) is 36.4 Å². The average Bonchev–Trinajstić information content (AvgIpc) is 2.63. The molecule has 1 saturated heterocycles. The summed E-state index contributed by atoms with van der Waals surface area (Å²) in [6, 6.07) is 12.2. The summed E-state index contributed by atoms with van der Waals surface area (Å²) in [5, 5.41) is 3.25. The van der Waals surface area contributed by atoms with Crippen molar-refractivity contribution in [3.63, 3.8) is 0 Å². The summed E-state index contributed by atoms with van der Waals surface area (Å²) in [5.41, 5.74) is 1.75. The molecule has 0 saturated carbocycles. The van der Waals surface area contributed by atoms with Crippen molar-refractivity contribution in [3.05, 3.63) is 59.7 Å². The third-order valence-corrected chi connectivity index (χ3v) is 4.58. The zero-order valence-electron chi connectivity index (χ0n) is 13.7. The second-order valence-electron chi connectivity index (χ2n) is 6.15. The minimum Gasteiger partial charge on any atom is -0.314 e. The summed E-state index contributed by atoms with van der Waals surface area (Å²) in [7, 11) is 0. The number of piperazine rings is 1. The largest absolute Gasteiger partial charge is 0.416 e. The molecule has 0 aromatic heterocycles. The highest BCUT2D eigenvalue weighted by Gasteiger charge is 2.30. The van der Waals surface area contributed by atoms with Crippen LogP contribution < -0.4 is 5.32 Å². The van der Waals surface area contributed by atoms with Gasteiger partial charge >= 0.3 is 6.18 Å². The van der Waals surface area contributed by atoms with E-state index in [0.29, 0.717) is 5.56 Å². The summed E-state index contributed by atoms with van der Waals surface area (Å²) in [5.74, 6) is 0. The molecule has 2 aromatic carbocycles. The van der Waals surface area contributed by atoms with Gasteiger partial charge in [0.2, 0.25) is 0 Å². The van der Waals surface area contributed by atoms with Gasteiger partial charge in [-0.25, -0.2) is 4.39 Å². The molecule has 2 nitrogen and oxygen atoms in total. The van der Waals surface area contributed by atoms with Crippen LogP contribution in [-0.2, 0) is 6.18 Å². The summed E-state index contributed by atoms with van der Waals surface area (Å²) < 4.78 is 51.4. The lowest BCUT2D eigenvalue weighted by Gasteiger charge is -2.33. The molecule has 3 rings (SSSR count). The molecular formula is C19H20F4N2. The van der Waals surface area contributed by atoms with Crippen molar-refractivity contribution in [1.82, 2.24) is 10.2 Å². The molecule has 1 heterocycles. The van der Waals surface area contributed by atoms with Crippen LogP contribution in [0.25, 0.3) is 11.1 Å². The molecule has 1 aliphatic rings. The maximum absolute atomic E-state index is 13.5. The number of hydrogen-bond acceptors (Lipinski definition) is 2. The number of benzene rings is 2. The Morgan fingerprint density at radius 1 is 0.880 bits per heavy atom. The molecule has 6 heteroatoms. The Morgan fingerprint density at radius 3 is 1.88 bits per heavy atom. The Hall–Kier alpha value is -1.92. The first-order valence-corrected chi connectivity index (χ1v) is 8.27. The molecule has 1 atom stereocenters. The molecule has 0 unspecified atom stereocenters. The van der Waals surface area contributed by atoms with Gasteiger partial charge in [-0.3, -0.25) is 4.90 Å². The molecule has 0 aliphatic carbocycles. The summed E-state index contributed by atoms with van der Waals surface area (Å²) in [6.45, 7) is 2.84. The summed E-state index contributed by atoms with van der Waals surface area (Å²) in [6.07, 6.45) is -4.33. The van der Waals surface area contributed by atoms with E-state index in [0.717, 1.165) is 49.4 Å². The van der Waals surface area contributed by atoms with Crippen molar-refractivity contribution >= 4 is 0 Å². The first kappa shape index (κ1) is 17.9. The Morgan fingerprint density at radius 2 is 1.40 bits per heavy atom. The minimum absolute atomic E-state index is 0.274. The Bertz CT molecular complexity index is 674. The zero-order chi connectivity index (χ0) is 17.9. The van der Waals surface area contributed by atoms with Crippen LogP contribution in [0.5, 0.6) is 0 Å². The van der Waals surface area contributed by atoms with Crippen molar-refractivity contribution < 1.29 is 17.6 Å². The third kappa shape index (κ3) is 4.19. The Kier molecular flexibility index (Phi) is 5.39. The van der Waals surface area contributed by atoms with Gasteiger partial charge in [0.1, 0.15) is 6.67 Å². The lowest BCUT2D eigenvalue weighted by Crippen LogP contribution is -2.45. The predicted molar refractivity (Wildman–Crippen MR) is 90.0 cm³/mol. The van der Waals surface area contributed by atoms with E-state index >= 15 is 0 Å². The maximum atomic E-state index is 13.5. The van der Waals surface area contributed by atoms with Gasteiger partial charge < -0.3 is 5.32 Å². The fraction of sp³-hybridized carbons (Fsp3) is 0.368. The SMILES string of the molecule is FC[C@@H](c1ccc(-c2ccc(C(F)(F)F)cc2)cc1)N1CCNCC1. The van der Waals surface area contributed by atoms with E-state index in [1.807, 2.05) is 24.3 Å². The Balaban J connectivity index is 1.77. The quantitative estimate of drug-likeness (QED) is 0.826. The van der Waals surface area contributed by atoms with E-state index < -0.39 is 18.4 Å². The number of nitrogens with one attached hydrogen (secondary N) is 1. The fourth-order valence-corrected chi connectivity index (χ4v) is 3.14. The minimum atomic E-state index is -4.33. The van der Waals surface area contributed by atoms with Crippen molar-refractivity contribution in [3.8, 4) is 11.1 Å². The van der Waals surface area contributed by atoms with Crippen LogP contribution in [0, 0.1) is 0 Å². The van der Waals surface area contributed by atoms with Crippen molar-refractivity contribution in [1.29, 1.82) is 0 Å². The molecule has 0 amide bonds. The van der Waals surface area contributed by atoms with E-state index in [9.17, 15) is 17.6 Å². The van der Waals surface area contributed by atoms with Gasteiger partial charge in [0, 0.05) is 26.2 Å². The maximum Gasteiger partial charge on any atom is 0.416 e. The second kappa shape index (κ2) is 7.54. The highest BCUT2D eigenvalue weighted by atomic mass is 19.4. The van der Waals surface area contributed by atoms with Crippen LogP contribution in [-0.4, -0.2) is 37.8 Å². The topological polar surface area (TPSA) is 15.3 Å². The van der Waals surface area contributed by atoms with E-state index in [1.54, 1.807) is 0 Å². The standard InChI is InChI=1S/C19H20F4N2/c20-13-18(25-11-9-24-10-12-25)16-3-1-14(2-4-16)15-5-7-17(8-6-15)19(21,22)23/h1-8,18,24H,9-13H2/t18-/m0/s1. The zero-order valence-corrected chi connectivity index (χ0v) is 13.7. The number of hydrogen-bond donors (Lipinski definition) is 1. The van der Waals surface area contributed by atoms with Crippen LogP contribution in [0.1, 0.15) is 17.2 Å². The molecular weight excluding hydrogens is 332 g/mol. The second-order valence-corrected chi connectivity index (χ2v) is 6.15. The van der Waals surface area contributed by atoms with Crippen molar-refractivity contribution in [2.75, 3.05) is 32.9 Å². The molecule has 1 N–H and O–H groups in total. The normalized spacial score (nSPS) is 17.4. The number of halogens is 4. The highest BCUT2D eigenvalue weighted by Crippen LogP contribution is 2.31. The average molecular weight is 352 g/mol. The van der Waals surface area contributed by atoms with Gasteiger partial charge in [0.15, 0.2) is 0 Å². The van der Waals surface area contributed by atoms with Gasteiger partial charge in [-0.15, -0.1) is 0 Å². The first-order chi connectivity index (χ1) is 12.0. The first-order valence-electron chi connectivity index (χ1n) is 8.27. The third-order valence-electron chi connectivity index (χ3n) is 4.58. The number of rotatable bonds is 4. The molecule has 1 fully saturated rings. The van der Waals surface area contributed by atoms with E-state index in [1.165, 1.54) is 12.1 Å². The highest BCUT2D eigenvalue weighted by molar-refractivity contribution is 5.64. The van der Waals surface area contributed by atoms with E-state index in [4.69, 9.17) is 0 Å². The molecule has 134 valence electrons. The molecule has 1 aliphatic heterocycles. The van der Waals surface area contributed by atoms with Gasteiger partial charge in [-0.05, 0) is 28.8 Å². The predicted octanol–water partition coefficient (Wildman–Crippen LogP) is 4.29. The monoisotopic (exact) mass is 352 g/mol. The molecule has 2 aromatic rings. The lowest BCUT2D eigenvalue weighted by atomic mass is 9.99. The van der Waals surface area contributed by atoms with Crippen LogP contribution in [0.15, 0.2) is 48.5 Å². The van der Waals surface area contributed by atoms with E-state index in [-0.39, 0.29) is 6.04 Å². The summed E-state index contributed by atoms with van der Waals surface area (Å²) in [4.78, 5) is 2.11. The van der Waals surface area contributed by atoms with Crippen molar-refractivity contribution in [2.24, 2.45) is 0 Å². The summed E-state index contributed by atoms with van der Waals surface area (Å²) >= 11 is 0. The smallest absolute Gasteiger partial charge is 0.314 e. The lowest BCUT2D eigenvalue weighted by molar-refractivity contribution is -0.137. The number of nitrogens with zero attached hydrogens (tertiary/aromatic N) is 1. The molecule has 0 bridgehead atoms. The van der Waals surface area contributed by atoms with Crippen molar-refractivity contribution in [2.45, 2.75) is 12.2 Å². The van der Waals surface area contributed by atoms with Gasteiger partial charge in [0.05, 0.1) is 11.6 Å². The van der Waals surface area contributed by atoms with Crippen LogP contribution in [0.4, 0.5) is 17.6 Å². The van der Waals surface area contributed by atoms with E-state index in [2.05, 4.69) is 10.2 Å². The van der Waals surface area contributed by atoms with Crippen LogP contribution in [0.2, 0.25) is 0 Å². The van der Waals surface area contributed by atoms with Crippen LogP contribution in [0.3, 0.4) is 0 Å². The van der Waals surface area contributed by atoms with Gasteiger partial charge in [0.25, 0.3) is 0 Å². The molecule has 25 heavy (non-hydrogen) atoms. The number of alkyl halides is 4.